The molecule has 1 aliphatic heterocycles. The standard InChI is InChI=1S/C24H31N3O4S/c1-4-13-25-32(29,30)17-21-7-11-23(12-8-21)26-24(28)22-9-5-20(6-10-22)16-27-14-18(2)31-19(3)15-27/h4-12,18-19,25H,1,13-17H2,2-3H3,(H,26,28). The zero-order chi connectivity index (χ0) is 23.1. The van der Waals surface area contributed by atoms with E-state index in [2.05, 4.69) is 35.4 Å². The van der Waals surface area contributed by atoms with Crippen molar-refractivity contribution >= 4 is 21.6 Å². The number of sulfonamides is 1. The maximum atomic E-state index is 12.6. The Bertz CT molecular complexity index is 1010. The number of anilines is 1. The van der Waals surface area contributed by atoms with Crippen molar-refractivity contribution in [1.82, 2.24) is 9.62 Å². The summed E-state index contributed by atoms with van der Waals surface area (Å²) in [6, 6.07) is 14.4. The summed E-state index contributed by atoms with van der Waals surface area (Å²) in [5.41, 5.74) is 2.96. The van der Waals surface area contributed by atoms with Crippen LogP contribution < -0.4 is 10.0 Å². The highest BCUT2D eigenvalue weighted by Gasteiger charge is 2.22. The first-order valence-corrected chi connectivity index (χ1v) is 12.3. The molecular weight excluding hydrogens is 426 g/mol. The highest BCUT2D eigenvalue weighted by Crippen LogP contribution is 2.16. The fraction of sp³-hybridized carbons (Fsp3) is 0.375. The number of morpholine rings is 1. The van der Waals surface area contributed by atoms with Crippen molar-refractivity contribution in [2.75, 3.05) is 25.0 Å². The number of ether oxygens (including phenoxy) is 1. The van der Waals surface area contributed by atoms with Crippen LogP contribution in [-0.4, -0.2) is 51.1 Å². The van der Waals surface area contributed by atoms with Crippen molar-refractivity contribution in [1.29, 1.82) is 0 Å². The first-order valence-electron chi connectivity index (χ1n) is 10.7. The molecule has 32 heavy (non-hydrogen) atoms. The van der Waals surface area contributed by atoms with Crippen molar-refractivity contribution in [2.24, 2.45) is 0 Å². The molecule has 0 bridgehead atoms. The highest BCUT2D eigenvalue weighted by molar-refractivity contribution is 7.88. The van der Waals surface area contributed by atoms with Gasteiger partial charge in [-0.15, -0.1) is 6.58 Å². The third kappa shape index (κ3) is 7.27. The van der Waals surface area contributed by atoms with E-state index in [0.29, 0.717) is 16.8 Å². The fourth-order valence-electron chi connectivity index (χ4n) is 3.78. The van der Waals surface area contributed by atoms with Gasteiger partial charge in [-0.3, -0.25) is 9.69 Å². The Kier molecular flexibility index (Phi) is 8.20. The molecule has 0 aromatic heterocycles. The number of benzene rings is 2. The molecule has 7 nitrogen and oxygen atoms in total. The molecule has 0 spiro atoms. The first-order chi connectivity index (χ1) is 15.2. The molecule has 2 aromatic carbocycles. The lowest BCUT2D eigenvalue weighted by Gasteiger charge is -2.35. The van der Waals surface area contributed by atoms with Gasteiger partial charge in [0.15, 0.2) is 0 Å². The number of nitrogens with one attached hydrogen (secondary N) is 2. The summed E-state index contributed by atoms with van der Waals surface area (Å²) in [4.78, 5) is 14.9. The largest absolute Gasteiger partial charge is 0.373 e. The van der Waals surface area contributed by atoms with Gasteiger partial charge in [0, 0.05) is 37.4 Å². The van der Waals surface area contributed by atoms with E-state index in [9.17, 15) is 13.2 Å². The predicted octanol–water partition coefficient (Wildman–Crippen LogP) is 3.15. The maximum absolute atomic E-state index is 12.6. The SMILES string of the molecule is C=CCNS(=O)(=O)Cc1ccc(NC(=O)c2ccc(CN3CC(C)OC(C)C3)cc2)cc1. The molecule has 2 unspecified atom stereocenters. The normalized spacial score (nSPS) is 19.4. The van der Waals surface area contributed by atoms with Crippen LogP contribution in [0, 0.1) is 0 Å². The summed E-state index contributed by atoms with van der Waals surface area (Å²) in [6.07, 6.45) is 1.93. The van der Waals surface area contributed by atoms with Crippen LogP contribution >= 0.6 is 0 Å². The summed E-state index contributed by atoms with van der Waals surface area (Å²) in [6.45, 7) is 10.5. The summed E-state index contributed by atoms with van der Waals surface area (Å²) >= 11 is 0. The maximum Gasteiger partial charge on any atom is 0.255 e. The van der Waals surface area contributed by atoms with Crippen molar-refractivity contribution in [3.63, 3.8) is 0 Å². The lowest BCUT2D eigenvalue weighted by atomic mass is 10.1. The third-order valence-electron chi connectivity index (χ3n) is 5.13. The van der Waals surface area contributed by atoms with Crippen molar-refractivity contribution in [2.45, 2.75) is 38.4 Å². The Morgan fingerprint density at radius 3 is 2.25 bits per heavy atom. The molecule has 0 saturated carbocycles. The number of hydrogen-bond acceptors (Lipinski definition) is 5. The van der Waals surface area contributed by atoms with Gasteiger partial charge in [-0.2, -0.15) is 0 Å². The second kappa shape index (κ2) is 10.9. The van der Waals surface area contributed by atoms with Gasteiger partial charge >= 0.3 is 0 Å². The van der Waals surface area contributed by atoms with Crippen LogP contribution in [0.25, 0.3) is 0 Å². The second-order valence-corrected chi connectivity index (χ2v) is 10.0. The van der Waals surface area contributed by atoms with E-state index in [1.807, 2.05) is 24.3 Å². The minimum atomic E-state index is -3.42. The van der Waals surface area contributed by atoms with Gasteiger partial charge in [0.05, 0.1) is 18.0 Å². The van der Waals surface area contributed by atoms with E-state index in [1.54, 1.807) is 24.3 Å². The minimum Gasteiger partial charge on any atom is -0.373 e. The molecule has 2 N–H and O–H groups in total. The molecule has 1 amide bonds. The van der Waals surface area contributed by atoms with Gasteiger partial charge in [-0.05, 0) is 49.2 Å². The number of hydrogen-bond donors (Lipinski definition) is 2. The van der Waals surface area contributed by atoms with Crippen LogP contribution in [0.2, 0.25) is 0 Å². The Morgan fingerprint density at radius 1 is 1.06 bits per heavy atom. The van der Waals surface area contributed by atoms with Crippen LogP contribution in [-0.2, 0) is 27.1 Å². The molecule has 8 heteroatoms. The monoisotopic (exact) mass is 457 g/mol. The number of carbonyl (C=O) groups is 1. The number of nitrogens with zero attached hydrogens (tertiary/aromatic N) is 1. The molecule has 2 atom stereocenters. The molecule has 3 rings (SSSR count). The molecule has 0 radical (unpaired) electrons. The Balaban J connectivity index is 1.54. The van der Waals surface area contributed by atoms with Crippen LogP contribution in [0.1, 0.15) is 35.3 Å². The summed E-state index contributed by atoms with van der Waals surface area (Å²) < 4.78 is 32.1. The molecule has 2 aromatic rings. The number of amides is 1. The van der Waals surface area contributed by atoms with Gasteiger partial charge in [0.2, 0.25) is 10.0 Å². The first kappa shape index (κ1) is 24.1. The fourth-order valence-corrected chi connectivity index (χ4v) is 4.88. The lowest BCUT2D eigenvalue weighted by molar-refractivity contribution is -0.0704. The highest BCUT2D eigenvalue weighted by atomic mass is 32.2. The average molecular weight is 458 g/mol. The molecular formula is C24H31N3O4S. The second-order valence-electron chi connectivity index (χ2n) is 8.20. The zero-order valence-electron chi connectivity index (χ0n) is 18.6. The molecule has 1 saturated heterocycles. The topological polar surface area (TPSA) is 87.7 Å². The van der Waals surface area contributed by atoms with Crippen LogP contribution in [0.3, 0.4) is 0 Å². The molecule has 1 heterocycles. The van der Waals surface area contributed by atoms with E-state index >= 15 is 0 Å². The van der Waals surface area contributed by atoms with E-state index < -0.39 is 10.0 Å². The van der Waals surface area contributed by atoms with Gasteiger partial charge in [-0.1, -0.05) is 30.3 Å². The van der Waals surface area contributed by atoms with Gasteiger partial charge in [0.25, 0.3) is 5.91 Å². The summed E-state index contributed by atoms with van der Waals surface area (Å²) in [5.74, 6) is -0.338. The van der Waals surface area contributed by atoms with E-state index in [1.165, 1.54) is 6.08 Å². The molecule has 0 aliphatic carbocycles. The van der Waals surface area contributed by atoms with Crippen LogP contribution in [0.4, 0.5) is 5.69 Å². The molecule has 1 fully saturated rings. The Hall–Kier alpha value is -2.52. The van der Waals surface area contributed by atoms with Crippen molar-refractivity contribution in [3.05, 3.63) is 77.9 Å². The summed E-state index contributed by atoms with van der Waals surface area (Å²) in [7, 11) is -3.42. The quantitative estimate of drug-likeness (QED) is 0.565. The predicted molar refractivity (Wildman–Crippen MR) is 127 cm³/mol. The summed E-state index contributed by atoms with van der Waals surface area (Å²) in [5, 5.41) is 2.85. The zero-order valence-corrected chi connectivity index (χ0v) is 19.4. The van der Waals surface area contributed by atoms with E-state index in [0.717, 1.165) is 25.2 Å². The van der Waals surface area contributed by atoms with Gasteiger partial charge in [0.1, 0.15) is 0 Å². The van der Waals surface area contributed by atoms with Gasteiger partial charge < -0.3 is 10.1 Å². The number of rotatable bonds is 9. The number of carbonyl (C=O) groups excluding carboxylic acids is 1. The Labute approximate surface area is 190 Å². The van der Waals surface area contributed by atoms with Crippen LogP contribution in [0.5, 0.6) is 0 Å². The van der Waals surface area contributed by atoms with Gasteiger partial charge in [-0.25, -0.2) is 13.1 Å². The Morgan fingerprint density at radius 2 is 1.66 bits per heavy atom. The smallest absolute Gasteiger partial charge is 0.255 e. The van der Waals surface area contributed by atoms with E-state index in [4.69, 9.17) is 4.74 Å². The molecule has 1 aliphatic rings. The third-order valence-corrected chi connectivity index (χ3v) is 6.45. The lowest BCUT2D eigenvalue weighted by Crippen LogP contribution is -2.44. The van der Waals surface area contributed by atoms with Crippen molar-refractivity contribution < 1.29 is 17.9 Å². The molecule has 172 valence electrons. The van der Waals surface area contributed by atoms with E-state index in [-0.39, 0.29) is 30.4 Å². The van der Waals surface area contributed by atoms with Crippen molar-refractivity contribution in [3.8, 4) is 0 Å². The van der Waals surface area contributed by atoms with Crippen LogP contribution in [0.15, 0.2) is 61.2 Å². The minimum absolute atomic E-state index is 0.128. The average Bonchev–Trinajstić information content (AvgIpc) is 2.73.